The number of aliphatic carboxylic acids is 1. The topological polar surface area (TPSA) is 331 Å². The molecule has 2 unspecified atom stereocenters. The van der Waals surface area contributed by atoms with Gasteiger partial charge in [-0.3, -0.25) is 38.6 Å². The molecule has 1 aliphatic rings. The number of nitrogens with one attached hydrogen (secondary N) is 7. The van der Waals surface area contributed by atoms with E-state index in [0.717, 1.165) is 27.5 Å². The van der Waals surface area contributed by atoms with E-state index in [9.17, 15) is 43.5 Å². The summed E-state index contributed by atoms with van der Waals surface area (Å²) in [6.45, 7) is 6.94. The molecule has 7 atom stereocenters. The minimum absolute atomic E-state index is 0.0244. The van der Waals surface area contributed by atoms with Gasteiger partial charge in [-0.2, -0.15) is 11.8 Å². The maximum atomic E-state index is 14.3. The number of fused-ring (bicyclic) bond motifs is 3. The molecule has 4 aromatic rings. The number of anilines is 1. The van der Waals surface area contributed by atoms with Crippen LogP contribution in [0.4, 0.5) is 5.69 Å². The van der Waals surface area contributed by atoms with Crippen molar-refractivity contribution in [3.05, 3.63) is 113 Å². The van der Waals surface area contributed by atoms with Crippen molar-refractivity contribution in [1.29, 1.82) is 0 Å². The molecule has 2 bridgehead atoms. The predicted molar refractivity (Wildman–Crippen MR) is 304 cm³/mol. The largest absolute Gasteiger partial charge is 0.480 e. The van der Waals surface area contributed by atoms with E-state index in [1.807, 2.05) is 93.8 Å². The van der Waals surface area contributed by atoms with Crippen molar-refractivity contribution in [2.24, 2.45) is 28.1 Å². The van der Waals surface area contributed by atoms with Crippen LogP contribution in [0.25, 0.3) is 10.8 Å². The lowest BCUT2D eigenvalue weighted by Gasteiger charge is -2.27. The van der Waals surface area contributed by atoms with Gasteiger partial charge < -0.3 is 59.5 Å². The average Bonchev–Trinajstić information content (AvgIpc) is 3.38. The molecule has 414 valence electrons. The molecule has 0 aliphatic carbocycles. The summed E-state index contributed by atoms with van der Waals surface area (Å²) in [6.07, 6.45) is 2.28. The number of carboxylic acids is 1. The fourth-order valence-corrected chi connectivity index (χ4v) is 11.2. The third-order valence-electron chi connectivity index (χ3n) is 12.7. The second-order valence-electron chi connectivity index (χ2n) is 19.7. The van der Waals surface area contributed by atoms with Crippen LogP contribution < -0.4 is 54.4 Å². The number of nitrogens with two attached hydrogens (primary N) is 3. The number of aryl methyl sites for hydroxylation is 1. The normalized spacial score (nSPS) is 20.0. The molecule has 1 aliphatic heterocycles. The molecule has 7 amide bonds. The number of amides is 7. The number of guanidine groups is 1. The SMILES string of the molecule is Cc1ccc(NC(=O)CC[C@H](N)C(=O)N[C@H]2CSCc3cccc(c3)C[S+](C)CC[C@@H](C(=O)O)NC(=O)CNC(=O)[C@H](CCCN=C(N)N)NC(=O)[C@H](CC(C)C)NC2=O)cc1C(=O)NC(C)c1cccc2ccccc12. The molecular weight excluding hydrogens is 1020 g/mol. The molecule has 14 N–H and O–H groups in total. The van der Waals surface area contributed by atoms with E-state index in [4.69, 9.17) is 17.2 Å². The number of carboxylic acid groups (broad SMARTS) is 1. The van der Waals surface area contributed by atoms with E-state index >= 15 is 0 Å². The first kappa shape index (κ1) is 60.7. The van der Waals surface area contributed by atoms with Crippen molar-refractivity contribution in [1.82, 2.24) is 31.9 Å². The molecule has 0 aromatic heterocycles. The first-order chi connectivity index (χ1) is 36.7. The summed E-state index contributed by atoms with van der Waals surface area (Å²) in [5.74, 6) is -4.27. The van der Waals surface area contributed by atoms with Gasteiger partial charge in [0.1, 0.15) is 35.7 Å². The molecule has 4 aromatic carbocycles. The van der Waals surface area contributed by atoms with Crippen molar-refractivity contribution in [3.63, 3.8) is 0 Å². The zero-order chi connectivity index (χ0) is 56.2. The molecule has 0 fully saturated rings. The lowest BCUT2D eigenvalue weighted by atomic mass is 9.99. The standard InChI is InChI=1S/C55H73N11O9S2/c1-32(2)25-45-52(72)64-43(17-10-23-59-55(57)58)51(71)60-28-48(68)63-44(54(74)75)22-24-77(5)31-36-12-8-11-35(26-36)29-76-30-46(53(73)65-45)66-50(70)42(56)20-21-47(67)62-38-19-18-33(3)41(27-38)49(69)61-34(4)39-16-9-14-37-13-6-7-15-40(37)39/h6-9,11-16,18-19,26-27,32,34,42-46H,10,17,20-25,28-31,56H2,1-5H3,(H11-,57,58,59,60,61,62,63,64,65,66,67,68,69,70,71,72,73,74,75)/p+1/t34?,42-,43-,44-,45-,46-,77?/m0/s1. The highest BCUT2D eigenvalue weighted by Crippen LogP contribution is 2.26. The number of hydrogen-bond acceptors (Lipinski definition) is 11. The first-order valence-corrected chi connectivity index (χ1v) is 28.8. The zero-order valence-electron chi connectivity index (χ0n) is 44.3. The molecule has 5 rings (SSSR count). The number of thioether (sulfide) groups is 1. The second kappa shape index (κ2) is 29.9. The van der Waals surface area contributed by atoms with Crippen LogP contribution in [0.15, 0.2) is 89.9 Å². The number of benzene rings is 4. The molecule has 0 radical (unpaired) electrons. The van der Waals surface area contributed by atoms with Crippen molar-refractivity contribution in [2.45, 2.75) is 114 Å². The minimum Gasteiger partial charge on any atom is -0.480 e. The Balaban J connectivity index is 1.30. The van der Waals surface area contributed by atoms with Gasteiger partial charge in [0, 0.05) is 47.7 Å². The van der Waals surface area contributed by atoms with Gasteiger partial charge in [-0.05, 0) is 95.9 Å². The number of carbonyl (C=O) groups excluding carboxylic acids is 7. The van der Waals surface area contributed by atoms with Crippen molar-refractivity contribution in [2.75, 3.05) is 36.2 Å². The summed E-state index contributed by atoms with van der Waals surface area (Å²) in [5, 5.41) is 31.1. The average molecular weight is 1100 g/mol. The zero-order valence-corrected chi connectivity index (χ0v) is 46.0. The third kappa shape index (κ3) is 19.7. The lowest BCUT2D eigenvalue weighted by Crippen LogP contribution is -2.58. The highest BCUT2D eigenvalue weighted by atomic mass is 32.2. The Kier molecular flexibility index (Phi) is 23.6. The molecule has 77 heavy (non-hydrogen) atoms. The van der Waals surface area contributed by atoms with E-state index in [1.54, 1.807) is 25.1 Å². The van der Waals surface area contributed by atoms with E-state index < -0.39 is 78.2 Å². The van der Waals surface area contributed by atoms with Crippen LogP contribution >= 0.6 is 11.8 Å². The Labute approximate surface area is 456 Å². The fourth-order valence-electron chi connectivity index (χ4n) is 8.62. The van der Waals surface area contributed by atoms with Gasteiger partial charge in [-0.25, -0.2) is 4.79 Å². The van der Waals surface area contributed by atoms with Crippen LogP contribution in [0.2, 0.25) is 0 Å². The highest BCUT2D eigenvalue weighted by molar-refractivity contribution is 7.98. The lowest BCUT2D eigenvalue weighted by molar-refractivity contribution is -0.141. The summed E-state index contributed by atoms with van der Waals surface area (Å²) >= 11 is 1.36. The summed E-state index contributed by atoms with van der Waals surface area (Å²) in [6, 6.07) is 20.3. The summed E-state index contributed by atoms with van der Waals surface area (Å²) in [7, 11) is -0.282. The summed E-state index contributed by atoms with van der Waals surface area (Å²) in [5.41, 5.74) is 21.7. The van der Waals surface area contributed by atoms with Crippen molar-refractivity contribution < 1.29 is 43.5 Å². The number of nitrogens with zero attached hydrogens (tertiary/aromatic N) is 1. The molecule has 1 heterocycles. The van der Waals surface area contributed by atoms with Crippen LogP contribution in [0.3, 0.4) is 0 Å². The molecule has 20 nitrogen and oxygen atoms in total. The quantitative estimate of drug-likeness (QED) is 0.0333. The monoisotopic (exact) mass is 1100 g/mol. The molecular formula is C55H74N11O9S2+. The fraction of sp³-hybridized carbons (Fsp3) is 0.436. The maximum Gasteiger partial charge on any atom is 0.326 e. The number of rotatable bonds is 16. The smallest absolute Gasteiger partial charge is 0.326 e. The first-order valence-electron chi connectivity index (χ1n) is 25.6. The number of carbonyl (C=O) groups is 8. The minimum atomic E-state index is -1.23. The summed E-state index contributed by atoms with van der Waals surface area (Å²) < 4.78 is 0. The van der Waals surface area contributed by atoms with Crippen LogP contribution in [0.1, 0.15) is 97.9 Å². The van der Waals surface area contributed by atoms with Gasteiger partial charge in [-0.1, -0.05) is 86.6 Å². The highest BCUT2D eigenvalue weighted by Gasteiger charge is 2.32. The Morgan fingerprint density at radius 1 is 0.870 bits per heavy atom. The Hall–Kier alpha value is -7.17. The Morgan fingerprint density at radius 2 is 1.58 bits per heavy atom. The second-order valence-corrected chi connectivity index (χ2v) is 23.0. The van der Waals surface area contributed by atoms with Gasteiger partial charge >= 0.3 is 5.97 Å². The Morgan fingerprint density at radius 3 is 2.32 bits per heavy atom. The summed E-state index contributed by atoms with van der Waals surface area (Å²) in [4.78, 5) is 112. The molecule has 0 saturated heterocycles. The van der Waals surface area contributed by atoms with E-state index in [-0.39, 0.29) is 85.5 Å². The van der Waals surface area contributed by atoms with Crippen molar-refractivity contribution in [3.8, 4) is 0 Å². The van der Waals surface area contributed by atoms with E-state index in [0.29, 0.717) is 34.1 Å². The van der Waals surface area contributed by atoms with Crippen LogP contribution in [0, 0.1) is 12.8 Å². The van der Waals surface area contributed by atoms with E-state index in [2.05, 4.69) is 42.2 Å². The number of hydrogen-bond donors (Lipinski definition) is 11. The number of aliphatic imine (C=N–C) groups is 1. The van der Waals surface area contributed by atoms with Crippen molar-refractivity contribution >= 4 is 92.4 Å². The van der Waals surface area contributed by atoms with Gasteiger partial charge in [0.05, 0.1) is 24.9 Å². The van der Waals surface area contributed by atoms with Crippen LogP contribution in [0.5, 0.6) is 0 Å². The molecule has 0 spiro atoms. The van der Waals surface area contributed by atoms with Crippen LogP contribution in [-0.2, 0) is 56.0 Å². The van der Waals surface area contributed by atoms with Gasteiger partial charge in [0.2, 0.25) is 35.4 Å². The van der Waals surface area contributed by atoms with Crippen LogP contribution in [-0.4, -0.2) is 119 Å². The van der Waals surface area contributed by atoms with E-state index in [1.165, 1.54) is 11.8 Å². The molecule has 0 saturated carbocycles. The van der Waals surface area contributed by atoms with Gasteiger partial charge in [-0.15, -0.1) is 0 Å². The maximum absolute atomic E-state index is 14.3. The van der Waals surface area contributed by atoms with Gasteiger partial charge in [0.25, 0.3) is 5.91 Å². The Bertz CT molecular complexity index is 2770. The van der Waals surface area contributed by atoms with Gasteiger partial charge in [0.15, 0.2) is 5.96 Å². The molecule has 22 heteroatoms. The predicted octanol–water partition coefficient (Wildman–Crippen LogP) is 3.01. The third-order valence-corrected chi connectivity index (χ3v) is 15.6.